The van der Waals surface area contributed by atoms with Crippen LogP contribution in [0, 0.1) is 6.92 Å². The van der Waals surface area contributed by atoms with Gasteiger partial charge in [-0.3, -0.25) is 0 Å². The molecule has 1 aromatic rings. The molecule has 2 nitrogen and oxygen atoms in total. The quantitative estimate of drug-likeness (QED) is 0.731. The Hall–Kier alpha value is -0.510. The van der Waals surface area contributed by atoms with Crippen LogP contribution in [0.4, 0.5) is 0 Å². The van der Waals surface area contributed by atoms with E-state index in [0.29, 0.717) is 6.04 Å². The maximum Gasteiger partial charge on any atom is 0.0623 e. The van der Waals surface area contributed by atoms with Gasteiger partial charge in [-0.15, -0.1) is 11.8 Å². The molecule has 0 fully saturated rings. The van der Waals surface area contributed by atoms with Gasteiger partial charge in [-0.2, -0.15) is 0 Å². The lowest BCUT2D eigenvalue weighted by atomic mass is 9.99. The van der Waals surface area contributed by atoms with Crippen LogP contribution in [-0.4, -0.2) is 31.6 Å². The molecule has 0 saturated carbocycles. The molecule has 1 N–H and O–H groups in total. The summed E-state index contributed by atoms with van der Waals surface area (Å²) in [4.78, 5) is 1.34. The zero-order valence-electron chi connectivity index (χ0n) is 12.8. The normalized spacial score (nSPS) is 13.5. The molecule has 0 aliphatic carbocycles. The van der Waals surface area contributed by atoms with Gasteiger partial charge in [0.1, 0.15) is 0 Å². The Morgan fingerprint density at radius 2 is 1.89 bits per heavy atom. The molecule has 0 aliphatic rings. The van der Waals surface area contributed by atoms with E-state index >= 15 is 0 Å². The Bertz CT molecular complexity index is 362. The number of hydrogen-bond donors (Lipinski definition) is 1. The summed E-state index contributed by atoms with van der Waals surface area (Å²) in [5.41, 5.74) is 1.29. The lowest BCUT2D eigenvalue weighted by Gasteiger charge is -2.25. The first kappa shape index (κ1) is 16.5. The van der Waals surface area contributed by atoms with Gasteiger partial charge in [0, 0.05) is 23.8 Å². The minimum atomic E-state index is -0.0242. The van der Waals surface area contributed by atoms with Crippen LogP contribution in [0.2, 0.25) is 0 Å². The zero-order chi connectivity index (χ0) is 14.3. The standard InChI is InChI=1S/C16H27NOS/c1-13-6-8-15(9-7-13)19-12-14(17-4)10-11-16(2,3)18-5/h6-9,14,17H,10-12H2,1-5H3. The van der Waals surface area contributed by atoms with Gasteiger partial charge >= 0.3 is 0 Å². The molecule has 1 aromatic carbocycles. The lowest BCUT2D eigenvalue weighted by molar-refractivity contribution is 0.0123. The molecule has 108 valence electrons. The molecule has 0 bridgehead atoms. The number of methoxy groups -OCH3 is 1. The molecule has 1 atom stereocenters. The Morgan fingerprint density at radius 1 is 1.26 bits per heavy atom. The highest BCUT2D eigenvalue weighted by atomic mass is 32.2. The SMILES string of the molecule is CNC(CCC(C)(C)OC)CSc1ccc(C)cc1. The Morgan fingerprint density at radius 3 is 2.42 bits per heavy atom. The molecule has 19 heavy (non-hydrogen) atoms. The van der Waals surface area contributed by atoms with Gasteiger partial charge in [-0.25, -0.2) is 0 Å². The second-order valence-electron chi connectivity index (χ2n) is 5.61. The smallest absolute Gasteiger partial charge is 0.0623 e. The van der Waals surface area contributed by atoms with Crippen LogP contribution < -0.4 is 5.32 Å². The summed E-state index contributed by atoms with van der Waals surface area (Å²) in [5, 5.41) is 3.40. The number of rotatable bonds is 8. The zero-order valence-corrected chi connectivity index (χ0v) is 13.6. The van der Waals surface area contributed by atoms with Gasteiger partial charge < -0.3 is 10.1 Å². The van der Waals surface area contributed by atoms with E-state index in [2.05, 4.69) is 50.4 Å². The van der Waals surface area contributed by atoms with Gasteiger partial charge in [0.05, 0.1) is 5.60 Å². The summed E-state index contributed by atoms with van der Waals surface area (Å²) < 4.78 is 5.47. The number of benzene rings is 1. The second-order valence-corrected chi connectivity index (χ2v) is 6.71. The molecule has 0 aromatic heterocycles. The van der Waals surface area contributed by atoms with Crippen molar-refractivity contribution in [3.63, 3.8) is 0 Å². The molecule has 0 heterocycles. The molecule has 0 amide bonds. The third-order valence-corrected chi connectivity index (χ3v) is 4.70. The Kier molecular flexibility index (Phi) is 6.90. The van der Waals surface area contributed by atoms with Crippen LogP contribution in [-0.2, 0) is 4.74 Å². The second kappa shape index (κ2) is 7.93. The molecule has 0 saturated heterocycles. The fourth-order valence-electron chi connectivity index (χ4n) is 1.77. The van der Waals surface area contributed by atoms with Crippen molar-refractivity contribution in [1.29, 1.82) is 0 Å². The minimum absolute atomic E-state index is 0.0242. The van der Waals surface area contributed by atoms with E-state index in [0.717, 1.165) is 18.6 Å². The van der Waals surface area contributed by atoms with E-state index in [-0.39, 0.29) is 5.60 Å². The molecule has 1 rings (SSSR count). The minimum Gasteiger partial charge on any atom is -0.379 e. The van der Waals surface area contributed by atoms with E-state index in [1.165, 1.54) is 10.5 Å². The van der Waals surface area contributed by atoms with Gasteiger partial charge in [-0.05, 0) is 52.8 Å². The first-order valence-corrected chi connectivity index (χ1v) is 7.87. The number of ether oxygens (including phenoxy) is 1. The highest BCUT2D eigenvalue weighted by Crippen LogP contribution is 2.22. The highest BCUT2D eigenvalue weighted by Gasteiger charge is 2.18. The summed E-state index contributed by atoms with van der Waals surface area (Å²) in [6.45, 7) is 6.41. The number of nitrogens with one attached hydrogen (secondary N) is 1. The van der Waals surface area contributed by atoms with E-state index in [1.807, 2.05) is 18.8 Å². The van der Waals surface area contributed by atoms with E-state index in [4.69, 9.17) is 4.74 Å². The largest absolute Gasteiger partial charge is 0.379 e. The molecule has 3 heteroatoms. The van der Waals surface area contributed by atoms with Gasteiger partial charge in [0.15, 0.2) is 0 Å². The van der Waals surface area contributed by atoms with Crippen LogP contribution in [0.25, 0.3) is 0 Å². The molecule has 0 radical (unpaired) electrons. The summed E-state index contributed by atoms with van der Waals surface area (Å²) >= 11 is 1.92. The Labute approximate surface area is 122 Å². The van der Waals surface area contributed by atoms with Crippen LogP contribution in [0.5, 0.6) is 0 Å². The van der Waals surface area contributed by atoms with Gasteiger partial charge in [-0.1, -0.05) is 17.7 Å². The monoisotopic (exact) mass is 281 g/mol. The van der Waals surface area contributed by atoms with E-state index in [1.54, 1.807) is 7.11 Å². The van der Waals surface area contributed by atoms with Crippen molar-refractivity contribution in [3.8, 4) is 0 Å². The fraction of sp³-hybridized carbons (Fsp3) is 0.625. The maximum absolute atomic E-state index is 5.47. The van der Waals surface area contributed by atoms with Gasteiger partial charge in [0.25, 0.3) is 0 Å². The average molecular weight is 281 g/mol. The fourth-order valence-corrected chi connectivity index (χ4v) is 2.82. The van der Waals surface area contributed by atoms with Crippen molar-refractivity contribution >= 4 is 11.8 Å². The molecule has 1 unspecified atom stereocenters. The predicted molar refractivity (Wildman–Crippen MR) is 85.1 cm³/mol. The molecule has 0 aliphatic heterocycles. The molecular formula is C16H27NOS. The van der Waals surface area contributed by atoms with Crippen molar-refractivity contribution < 1.29 is 4.74 Å². The summed E-state index contributed by atoms with van der Waals surface area (Å²) in [7, 11) is 3.83. The average Bonchev–Trinajstić information content (AvgIpc) is 2.41. The number of thioether (sulfide) groups is 1. The molecular weight excluding hydrogens is 254 g/mol. The van der Waals surface area contributed by atoms with Gasteiger partial charge in [0.2, 0.25) is 0 Å². The van der Waals surface area contributed by atoms with Crippen molar-refractivity contribution in [2.75, 3.05) is 19.9 Å². The lowest BCUT2D eigenvalue weighted by Crippen LogP contribution is -2.32. The van der Waals surface area contributed by atoms with Crippen molar-refractivity contribution in [2.24, 2.45) is 0 Å². The first-order valence-electron chi connectivity index (χ1n) is 6.89. The Balaban J connectivity index is 2.38. The molecule has 0 spiro atoms. The van der Waals surface area contributed by atoms with Crippen molar-refractivity contribution in [3.05, 3.63) is 29.8 Å². The van der Waals surface area contributed by atoms with Crippen LogP contribution in [0.3, 0.4) is 0 Å². The van der Waals surface area contributed by atoms with E-state index in [9.17, 15) is 0 Å². The number of aryl methyl sites for hydroxylation is 1. The predicted octanol–water partition coefficient (Wildman–Crippen LogP) is 3.88. The third kappa shape index (κ3) is 6.46. The number of hydrogen-bond acceptors (Lipinski definition) is 3. The van der Waals surface area contributed by atoms with Crippen LogP contribution in [0.15, 0.2) is 29.2 Å². The summed E-state index contributed by atoms with van der Waals surface area (Å²) in [6, 6.07) is 9.27. The first-order chi connectivity index (χ1) is 8.96. The van der Waals surface area contributed by atoms with Crippen LogP contribution >= 0.6 is 11.8 Å². The highest BCUT2D eigenvalue weighted by molar-refractivity contribution is 7.99. The topological polar surface area (TPSA) is 21.3 Å². The maximum atomic E-state index is 5.47. The summed E-state index contributed by atoms with van der Waals surface area (Å²) in [6.07, 6.45) is 2.21. The van der Waals surface area contributed by atoms with Crippen molar-refractivity contribution in [2.45, 2.75) is 50.2 Å². The van der Waals surface area contributed by atoms with E-state index < -0.39 is 0 Å². The van der Waals surface area contributed by atoms with Crippen LogP contribution in [0.1, 0.15) is 32.3 Å². The third-order valence-electron chi connectivity index (χ3n) is 3.53. The summed E-state index contributed by atoms with van der Waals surface area (Å²) in [5.74, 6) is 1.10. The van der Waals surface area contributed by atoms with Crippen molar-refractivity contribution in [1.82, 2.24) is 5.32 Å².